The molecule has 0 saturated carbocycles. The lowest BCUT2D eigenvalue weighted by Gasteiger charge is -2.62. The van der Waals surface area contributed by atoms with E-state index in [0.29, 0.717) is 11.5 Å². The van der Waals surface area contributed by atoms with E-state index in [1.165, 1.54) is 5.56 Å². The fourth-order valence-electron chi connectivity index (χ4n) is 4.36. The van der Waals surface area contributed by atoms with Gasteiger partial charge in [0.15, 0.2) is 5.96 Å². The Morgan fingerprint density at radius 2 is 1.76 bits per heavy atom. The molecule has 0 spiro atoms. The van der Waals surface area contributed by atoms with E-state index >= 15 is 0 Å². The lowest BCUT2D eigenvalue weighted by Crippen LogP contribution is -2.73. The quantitative estimate of drug-likeness (QED) is 0.352. The Morgan fingerprint density at radius 1 is 1.14 bits per heavy atom. The number of aliphatic imine (C=N–C) groups is 1. The second kappa shape index (κ2) is 9.52. The highest BCUT2D eigenvalue weighted by Gasteiger charge is 2.53. The maximum Gasteiger partial charge on any atom is 0.194 e. The Bertz CT molecular complexity index is 683. The van der Waals surface area contributed by atoms with Crippen LogP contribution in [-0.4, -0.2) is 55.3 Å². The topological polar surface area (TPSA) is 48.9 Å². The number of ether oxygens (including phenoxy) is 1. The van der Waals surface area contributed by atoms with Gasteiger partial charge in [-0.3, -0.25) is 4.99 Å². The molecule has 3 rings (SSSR count). The third-order valence-electron chi connectivity index (χ3n) is 7.21. The second-order valence-corrected chi connectivity index (χ2v) is 9.60. The minimum absolute atomic E-state index is 0. The Kier molecular flexibility index (Phi) is 8.01. The summed E-state index contributed by atoms with van der Waals surface area (Å²) in [4.78, 5) is 7.00. The van der Waals surface area contributed by atoms with Crippen LogP contribution in [-0.2, 0) is 4.74 Å². The Balaban J connectivity index is 0.00000300. The van der Waals surface area contributed by atoms with Gasteiger partial charge in [0.2, 0.25) is 0 Å². The number of nitrogens with one attached hydrogen (secondary N) is 2. The standard InChI is InChI=1S/C23H38N4O.HI/c1-18(19-10-8-7-9-11-19)26-23(12-14-28-15-13-23)16-25-20(24-6)27-17-21(2,3)22(27,4)5;/h7-11,18,26H,12-17H2,1-6H3,(H,24,25);1H. The number of hydrogen-bond donors (Lipinski definition) is 2. The summed E-state index contributed by atoms with van der Waals surface area (Å²) < 4.78 is 5.68. The van der Waals surface area contributed by atoms with E-state index in [-0.39, 0.29) is 35.1 Å². The molecule has 2 fully saturated rings. The summed E-state index contributed by atoms with van der Waals surface area (Å²) >= 11 is 0. The van der Waals surface area contributed by atoms with Gasteiger partial charge >= 0.3 is 0 Å². The van der Waals surface area contributed by atoms with Gasteiger partial charge in [0, 0.05) is 55.9 Å². The molecule has 0 aromatic heterocycles. The van der Waals surface area contributed by atoms with Crippen LogP contribution in [0, 0.1) is 5.41 Å². The van der Waals surface area contributed by atoms with Gasteiger partial charge < -0.3 is 20.3 Å². The van der Waals surface area contributed by atoms with Crippen molar-refractivity contribution in [2.45, 2.75) is 64.6 Å². The van der Waals surface area contributed by atoms with E-state index in [2.05, 4.69) is 85.5 Å². The molecular weight excluding hydrogens is 475 g/mol. The highest BCUT2D eigenvalue weighted by atomic mass is 127. The molecule has 0 bridgehead atoms. The monoisotopic (exact) mass is 514 g/mol. The van der Waals surface area contributed by atoms with Gasteiger partial charge in [-0.1, -0.05) is 44.2 Å². The van der Waals surface area contributed by atoms with Gasteiger partial charge in [-0.15, -0.1) is 24.0 Å². The number of nitrogens with zero attached hydrogens (tertiary/aromatic N) is 2. The highest BCUT2D eigenvalue weighted by Crippen LogP contribution is 2.46. The van der Waals surface area contributed by atoms with Crippen molar-refractivity contribution in [1.29, 1.82) is 0 Å². The SMILES string of the molecule is CN=C(NCC1(NC(C)c2ccccc2)CCOCC1)N1CC(C)(C)C1(C)C.I. The summed E-state index contributed by atoms with van der Waals surface area (Å²) in [5, 5.41) is 7.61. The molecular formula is C23H39IN4O. The average Bonchev–Trinajstić information content (AvgIpc) is 2.69. The van der Waals surface area contributed by atoms with E-state index in [9.17, 15) is 0 Å². The second-order valence-electron chi connectivity index (χ2n) is 9.60. The van der Waals surface area contributed by atoms with Gasteiger partial charge in [-0.25, -0.2) is 0 Å². The molecule has 2 saturated heterocycles. The summed E-state index contributed by atoms with van der Waals surface area (Å²) in [6.07, 6.45) is 2.01. The predicted molar refractivity (Wildman–Crippen MR) is 132 cm³/mol. The minimum atomic E-state index is 0. The zero-order valence-electron chi connectivity index (χ0n) is 18.9. The molecule has 6 heteroatoms. The molecule has 5 nitrogen and oxygen atoms in total. The van der Waals surface area contributed by atoms with E-state index in [0.717, 1.165) is 45.1 Å². The van der Waals surface area contributed by atoms with Crippen LogP contribution in [0.3, 0.4) is 0 Å². The zero-order chi connectivity index (χ0) is 20.4. The molecule has 2 N–H and O–H groups in total. The molecule has 0 radical (unpaired) electrons. The number of guanidine groups is 1. The molecule has 164 valence electrons. The van der Waals surface area contributed by atoms with Crippen LogP contribution in [0.4, 0.5) is 0 Å². The lowest BCUT2D eigenvalue weighted by molar-refractivity contribution is -0.0672. The summed E-state index contributed by atoms with van der Waals surface area (Å²) in [7, 11) is 1.89. The molecule has 29 heavy (non-hydrogen) atoms. The van der Waals surface area contributed by atoms with Crippen LogP contribution < -0.4 is 10.6 Å². The molecule has 0 aliphatic carbocycles. The maximum atomic E-state index is 5.68. The first kappa shape index (κ1) is 24.4. The first-order chi connectivity index (χ1) is 13.2. The van der Waals surface area contributed by atoms with Crippen molar-refractivity contribution in [1.82, 2.24) is 15.5 Å². The van der Waals surface area contributed by atoms with Gasteiger partial charge in [-0.05, 0) is 39.2 Å². The van der Waals surface area contributed by atoms with Crippen LogP contribution >= 0.6 is 24.0 Å². The number of likely N-dealkylation sites (tertiary alicyclic amines) is 1. The lowest BCUT2D eigenvalue weighted by atomic mass is 9.65. The van der Waals surface area contributed by atoms with Crippen LogP contribution in [0.5, 0.6) is 0 Å². The van der Waals surface area contributed by atoms with Crippen molar-refractivity contribution in [3.63, 3.8) is 0 Å². The van der Waals surface area contributed by atoms with Gasteiger partial charge in [0.25, 0.3) is 0 Å². The Hall–Kier alpha value is -0.860. The average molecular weight is 514 g/mol. The fraction of sp³-hybridized carbons (Fsp3) is 0.696. The van der Waals surface area contributed by atoms with Crippen molar-refractivity contribution in [2.75, 3.05) is 33.4 Å². The molecule has 2 aliphatic rings. The van der Waals surface area contributed by atoms with E-state index in [4.69, 9.17) is 4.74 Å². The van der Waals surface area contributed by atoms with Crippen molar-refractivity contribution >= 4 is 29.9 Å². The molecule has 0 amide bonds. The smallest absolute Gasteiger partial charge is 0.194 e. The predicted octanol–water partition coefficient (Wildman–Crippen LogP) is 4.20. The van der Waals surface area contributed by atoms with Crippen molar-refractivity contribution in [2.24, 2.45) is 10.4 Å². The van der Waals surface area contributed by atoms with Crippen molar-refractivity contribution in [3.8, 4) is 0 Å². The largest absolute Gasteiger partial charge is 0.381 e. The maximum absolute atomic E-state index is 5.68. The minimum Gasteiger partial charge on any atom is -0.381 e. The third kappa shape index (κ3) is 5.07. The van der Waals surface area contributed by atoms with Gasteiger partial charge in [-0.2, -0.15) is 0 Å². The summed E-state index contributed by atoms with van der Waals surface area (Å²) in [6.45, 7) is 15.0. The normalized spacial score (nSPS) is 23.5. The molecule has 2 aliphatic heterocycles. The number of benzene rings is 1. The highest BCUT2D eigenvalue weighted by molar-refractivity contribution is 14.0. The first-order valence-corrected chi connectivity index (χ1v) is 10.6. The summed E-state index contributed by atoms with van der Waals surface area (Å²) in [5.41, 5.74) is 1.72. The van der Waals surface area contributed by atoms with Crippen LogP contribution in [0.15, 0.2) is 35.3 Å². The van der Waals surface area contributed by atoms with E-state index in [1.54, 1.807) is 0 Å². The van der Waals surface area contributed by atoms with E-state index < -0.39 is 0 Å². The van der Waals surface area contributed by atoms with E-state index in [1.807, 2.05) is 7.05 Å². The molecule has 1 atom stereocenters. The Labute approximate surface area is 194 Å². The number of rotatable bonds is 5. The number of halogens is 1. The summed E-state index contributed by atoms with van der Waals surface area (Å²) in [6, 6.07) is 11.0. The molecule has 1 aromatic carbocycles. The fourth-order valence-corrected chi connectivity index (χ4v) is 4.36. The van der Waals surface area contributed by atoms with Crippen LogP contribution in [0.2, 0.25) is 0 Å². The molecule has 1 aromatic rings. The van der Waals surface area contributed by atoms with Crippen LogP contribution in [0.25, 0.3) is 0 Å². The summed E-state index contributed by atoms with van der Waals surface area (Å²) in [5.74, 6) is 1.00. The van der Waals surface area contributed by atoms with Gasteiger partial charge in [0.1, 0.15) is 0 Å². The van der Waals surface area contributed by atoms with Crippen molar-refractivity contribution in [3.05, 3.63) is 35.9 Å². The Morgan fingerprint density at radius 3 is 2.28 bits per heavy atom. The van der Waals surface area contributed by atoms with Crippen LogP contribution in [0.1, 0.15) is 59.1 Å². The first-order valence-electron chi connectivity index (χ1n) is 10.6. The molecule has 2 heterocycles. The zero-order valence-corrected chi connectivity index (χ0v) is 21.2. The third-order valence-corrected chi connectivity index (χ3v) is 7.21. The van der Waals surface area contributed by atoms with Crippen molar-refractivity contribution < 1.29 is 4.74 Å². The number of hydrogen-bond acceptors (Lipinski definition) is 3. The van der Waals surface area contributed by atoms with Gasteiger partial charge in [0.05, 0.1) is 0 Å². The molecule has 1 unspecified atom stereocenters.